The van der Waals surface area contributed by atoms with Gasteiger partial charge in [-0.05, 0) is 51.0 Å². The van der Waals surface area contributed by atoms with E-state index in [9.17, 15) is 0 Å². The number of rotatable bonds is 4. The van der Waals surface area contributed by atoms with E-state index in [0.29, 0.717) is 18.1 Å². The maximum atomic E-state index is 6.39. The van der Waals surface area contributed by atoms with Gasteiger partial charge in [-0.3, -0.25) is 4.90 Å². The average molecular weight is 240 g/mol. The van der Waals surface area contributed by atoms with E-state index in [1.54, 1.807) is 0 Å². The zero-order valence-electron chi connectivity index (χ0n) is 12.6. The summed E-state index contributed by atoms with van der Waals surface area (Å²) in [6.45, 7) is 11.7. The van der Waals surface area contributed by atoms with Crippen LogP contribution in [0, 0.1) is 17.8 Å². The first kappa shape index (κ1) is 15.0. The van der Waals surface area contributed by atoms with Crippen LogP contribution in [-0.4, -0.2) is 30.1 Å². The molecule has 0 bridgehead atoms. The standard InChI is InChI=1S/C15H32N2/c1-10(2)7-13(5)17(6)15-12(4)8-11(3)9-14(15)16/h10-15H,7-9,16H2,1-6H3. The van der Waals surface area contributed by atoms with Crippen molar-refractivity contribution in [2.24, 2.45) is 23.5 Å². The van der Waals surface area contributed by atoms with E-state index in [-0.39, 0.29) is 0 Å². The summed E-state index contributed by atoms with van der Waals surface area (Å²) in [5.41, 5.74) is 6.39. The zero-order valence-corrected chi connectivity index (χ0v) is 12.6. The summed E-state index contributed by atoms with van der Waals surface area (Å²) in [5, 5.41) is 0. The molecule has 5 atom stereocenters. The van der Waals surface area contributed by atoms with Gasteiger partial charge in [-0.25, -0.2) is 0 Å². The lowest BCUT2D eigenvalue weighted by atomic mass is 9.76. The molecular weight excluding hydrogens is 208 g/mol. The van der Waals surface area contributed by atoms with Crippen LogP contribution < -0.4 is 5.73 Å². The molecule has 1 fully saturated rings. The number of nitrogens with zero attached hydrogens (tertiary/aromatic N) is 1. The van der Waals surface area contributed by atoms with Gasteiger partial charge in [-0.15, -0.1) is 0 Å². The molecule has 0 aromatic rings. The minimum Gasteiger partial charge on any atom is -0.326 e. The highest BCUT2D eigenvalue weighted by Gasteiger charge is 2.35. The van der Waals surface area contributed by atoms with Crippen molar-refractivity contribution in [2.75, 3.05) is 7.05 Å². The summed E-state index contributed by atoms with van der Waals surface area (Å²) in [5.74, 6) is 2.29. The molecule has 1 aliphatic rings. The molecule has 5 unspecified atom stereocenters. The average Bonchev–Trinajstić information content (AvgIpc) is 2.14. The lowest BCUT2D eigenvalue weighted by Gasteiger charge is -2.45. The van der Waals surface area contributed by atoms with Crippen LogP contribution in [0.15, 0.2) is 0 Å². The van der Waals surface area contributed by atoms with E-state index in [4.69, 9.17) is 5.73 Å². The molecule has 0 radical (unpaired) electrons. The molecule has 0 heterocycles. The highest BCUT2D eigenvalue weighted by Crippen LogP contribution is 2.32. The molecule has 0 amide bonds. The fourth-order valence-corrected chi connectivity index (χ4v) is 3.74. The van der Waals surface area contributed by atoms with Crippen molar-refractivity contribution < 1.29 is 0 Å². The van der Waals surface area contributed by atoms with Crippen molar-refractivity contribution in [1.29, 1.82) is 0 Å². The fourth-order valence-electron chi connectivity index (χ4n) is 3.74. The van der Waals surface area contributed by atoms with Crippen molar-refractivity contribution in [3.63, 3.8) is 0 Å². The van der Waals surface area contributed by atoms with Gasteiger partial charge in [0.2, 0.25) is 0 Å². The van der Waals surface area contributed by atoms with Gasteiger partial charge >= 0.3 is 0 Å². The van der Waals surface area contributed by atoms with E-state index in [2.05, 4.69) is 46.6 Å². The molecule has 2 nitrogen and oxygen atoms in total. The van der Waals surface area contributed by atoms with E-state index >= 15 is 0 Å². The lowest BCUT2D eigenvalue weighted by Crippen LogP contribution is -2.56. The van der Waals surface area contributed by atoms with Gasteiger partial charge in [0.15, 0.2) is 0 Å². The molecule has 2 N–H and O–H groups in total. The third kappa shape index (κ3) is 3.96. The van der Waals surface area contributed by atoms with Crippen molar-refractivity contribution in [3.8, 4) is 0 Å². The van der Waals surface area contributed by atoms with Crippen molar-refractivity contribution in [1.82, 2.24) is 4.90 Å². The zero-order chi connectivity index (χ0) is 13.2. The second-order valence-electron chi connectivity index (χ2n) is 6.85. The first-order valence-electron chi connectivity index (χ1n) is 7.30. The maximum Gasteiger partial charge on any atom is 0.0272 e. The Morgan fingerprint density at radius 2 is 1.76 bits per heavy atom. The summed E-state index contributed by atoms with van der Waals surface area (Å²) < 4.78 is 0. The molecule has 0 aliphatic heterocycles. The number of nitrogens with two attached hydrogens (primary N) is 1. The lowest BCUT2D eigenvalue weighted by molar-refractivity contribution is 0.0619. The topological polar surface area (TPSA) is 29.3 Å². The van der Waals surface area contributed by atoms with Gasteiger partial charge in [0.1, 0.15) is 0 Å². The van der Waals surface area contributed by atoms with Gasteiger partial charge in [0.05, 0.1) is 0 Å². The van der Waals surface area contributed by atoms with Crippen LogP contribution in [0.3, 0.4) is 0 Å². The Balaban J connectivity index is 2.63. The van der Waals surface area contributed by atoms with Crippen LogP contribution >= 0.6 is 0 Å². The SMILES string of the molecule is CC(C)CC(C)N(C)C1C(C)CC(C)CC1N. The van der Waals surface area contributed by atoms with Gasteiger partial charge in [0, 0.05) is 18.1 Å². The van der Waals surface area contributed by atoms with Crippen LogP contribution in [-0.2, 0) is 0 Å². The van der Waals surface area contributed by atoms with Crippen LogP contribution in [0.5, 0.6) is 0 Å². The third-order valence-corrected chi connectivity index (χ3v) is 4.45. The first-order valence-corrected chi connectivity index (χ1v) is 7.30. The normalized spacial score (nSPS) is 36.5. The molecule has 0 saturated heterocycles. The van der Waals surface area contributed by atoms with Gasteiger partial charge in [-0.1, -0.05) is 27.7 Å². The smallest absolute Gasteiger partial charge is 0.0272 e. The molecule has 1 rings (SSSR count). The van der Waals surface area contributed by atoms with Crippen molar-refractivity contribution in [3.05, 3.63) is 0 Å². The number of hydrogen-bond acceptors (Lipinski definition) is 2. The quantitative estimate of drug-likeness (QED) is 0.818. The largest absolute Gasteiger partial charge is 0.326 e. The fraction of sp³-hybridized carbons (Fsp3) is 1.00. The molecule has 1 saturated carbocycles. The van der Waals surface area contributed by atoms with E-state index < -0.39 is 0 Å². The van der Waals surface area contributed by atoms with E-state index in [1.165, 1.54) is 19.3 Å². The molecule has 0 aromatic carbocycles. The molecule has 2 heteroatoms. The maximum absolute atomic E-state index is 6.39. The van der Waals surface area contributed by atoms with Crippen molar-refractivity contribution in [2.45, 2.75) is 72.0 Å². The minimum atomic E-state index is 0.355. The molecular formula is C15H32N2. The Bertz CT molecular complexity index is 215. The van der Waals surface area contributed by atoms with Gasteiger partial charge in [-0.2, -0.15) is 0 Å². The van der Waals surface area contributed by atoms with Crippen LogP contribution in [0.25, 0.3) is 0 Å². The Hall–Kier alpha value is -0.0800. The number of hydrogen-bond donors (Lipinski definition) is 1. The summed E-state index contributed by atoms with van der Waals surface area (Å²) in [6.07, 6.45) is 3.78. The Kier molecular flexibility index (Phi) is 5.46. The summed E-state index contributed by atoms with van der Waals surface area (Å²) >= 11 is 0. The minimum absolute atomic E-state index is 0.355. The highest BCUT2D eigenvalue weighted by molar-refractivity contribution is 4.92. The van der Waals surface area contributed by atoms with Gasteiger partial charge < -0.3 is 5.73 Å². The van der Waals surface area contributed by atoms with Crippen LogP contribution in [0.1, 0.15) is 53.9 Å². The van der Waals surface area contributed by atoms with Crippen LogP contribution in [0.2, 0.25) is 0 Å². The Morgan fingerprint density at radius 3 is 2.24 bits per heavy atom. The monoisotopic (exact) mass is 240 g/mol. The highest BCUT2D eigenvalue weighted by atomic mass is 15.2. The molecule has 0 spiro atoms. The summed E-state index contributed by atoms with van der Waals surface area (Å²) in [6, 6.07) is 1.57. The van der Waals surface area contributed by atoms with E-state index in [1.807, 2.05) is 0 Å². The molecule has 1 aliphatic carbocycles. The molecule has 17 heavy (non-hydrogen) atoms. The van der Waals surface area contributed by atoms with Crippen molar-refractivity contribution >= 4 is 0 Å². The predicted molar refractivity (Wildman–Crippen MR) is 76.0 cm³/mol. The summed E-state index contributed by atoms with van der Waals surface area (Å²) in [4.78, 5) is 2.54. The molecule has 102 valence electrons. The van der Waals surface area contributed by atoms with Crippen LogP contribution in [0.4, 0.5) is 0 Å². The predicted octanol–water partition coefficient (Wildman–Crippen LogP) is 3.11. The third-order valence-electron chi connectivity index (χ3n) is 4.45. The van der Waals surface area contributed by atoms with Gasteiger partial charge in [0.25, 0.3) is 0 Å². The summed E-state index contributed by atoms with van der Waals surface area (Å²) in [7, 11) is 2.27. The molecule has 0 aromatic heterocycles. The Labute approximate surface area is 108 Å². The Morgan fingerprint density at radius 1 is 1.18 bits per heavy atom. The number of likely N-dealkylation sites (N-methyl/N-ethyl adjacent to an activating group) is 1. The second-order valence-corrected chi connectivity index (χ2v) is 6.85. The first-order chi connectivity index (χ1) is 7.82. The van der Waals surface area contributed by atoms with E-state index in [0.717, 1.165) is 17.8 Å². The second kappa shape index (κ2) is 6.19.